The van der Waals surface area contributed by atoms with E-state index in [4.69, 9.17) is 5.73 Å². The quantitative estimate of drug-likeness (QED) is 0.631. The van der Waals surface area contributed by atoms with Crippen LogP contribution in [0.4, 0.5) is 18.9 Å². The molecule has 0 amide bonds. The molecular formula is C14H16BrF3N2O. The fraction of sp³-hybridized carbons (Fsp3) is 0.500. The number of benzene rings is 1. The van der Waals surface area contributed by atoms with Crippen LogP contribution in [-0.2, 0) is 6.18 Å². The maximum atomic E-state index is 12.9. The number of anilines is 1. The normalized spacial score (nSPS) is 16.4. The van der Waals surface area contributed by atoms with E-state index in [2.05, 4.69) is 21.2 Å². The van der Waals surface area contributed by atoms with E-state index < -0.39 is 17.4 Å². The molecule has 1 aromatic rings. The van der Waals surface area contributed by atoms with E-state index in [1.165, 1.54) is 6.07 Å². The summed E-state index contributed by atoms with van der Waals surface area (Å²) >= 11 is 2.98. The third-order valence-corrected chi connectivity index (χ3v) is 4.32. The lowest BCUT2D eigenvalue weighted by Crippen LogP contribution is -2.31. The highest BCUT2D eigenvalue weighted by Gasteiger charge is 2.34. The van der Waals surface area contributed by atoms with E-state index >= 15 is 0 Å². The van der Waals surface area contributed by atoms with Gasteiger partial charge in [-0.15, -0.1) is 0 Å². The summed E-state index contributed by atoms with van der Waals surface area (Å²) in [7, 11) is 0. The second kappa shape index (κ2) is 6.36. The number of nitrogens with two attached hydrogens (primary N) is 1. The highest BCUT2D eigenvalue weighted by Crippen LogP contribution is 2.38. The summed E-state index contributed by atoms with van der Waals surface area (Å²) < 4.78 is 38.7. The Morgan fingerprint density at radius 1 is 1.33 bits per heavy atom. The molecule has 0 unspecified atom stereocenters. The van der Waals surface area contributed by atoms with Gasteiger partial charge in [0.05, 0.1) is 17.8 Å². The number of Topliss-reactive ketones (excluding diaryl/α,β-unsaturated/α-hetero) is 1. The lowest BCUT2D eigenvalue weighted by molar-refractivity contribution is -0.136. The predicted molar refractivity (Wildman–Crippen MR) is 78.1 cm³/mol. The molecule has 0 heterocycles. The molecule has 3 nitrogen and oxygen atoms in total. The number of carbonyl (C=O) groups is 1. The van der Waals surface area contributed by atoms with Crippen molar-refractivity contribution in [3.8, 4) is 0 Å². The number of hydrogen-bond donors (Lipinski definition) is 2. The van der Waals surface area contributed by atoms with E-state index in [1.54, 1.807) is 0 Å². The Balaban J connectivity index is 2.15. The van der Waals surface area contributed by atoms with Gasteiger partial charge in [0.15, 0.2) is 5.78 Å². The molecule has 1 saturated carbocycles. The van der Waals surface area contributed by atoms with Crippen molar-refractivity contribution >= 4 is 27.4 Å². The summed E-state index contributed by atoms with van der Waals surface area (Å²) in [5.41, 5.74) is 4.04. The number of hydrogen-bond acceptors (Lipinski definition) is 3. The van der Waals surface area contributed by atoms with Crippen molar-refractivity contribution in [3.63, 3.8) is 0 Å². The van der Waals surface area contributed by atoms with Crippen molar-refractivity contribution in [2.24, 2.45) is 0 Å². The van der Waals surface area contributed by atoms with Gasteiger partial charge >= 0.3 is 6.18 Å². The van der Waals surface area contributed by atoms with Crippen LogP contribution in [-0.4, -0.2) is 18.4 Å². The van der Waals surface area contributed by atoms with Gasteiger partial charge in [-0.1, -0.05) is 12.8 Å². The Bertz CT molecular complexity index is 540. The first-order valence-electron chi connectivity index (χ1n) is 6.72. The number of rotatable bonds is 4. The van der Waals surface area contributed by atoms with E-state index in [9.17, 15) is 18.0 Å². The molecule has 0 aromatic heterocycles. The van der Waals surface area contributed by atoms with E-state index in [1.807, 2.05) is 0 Å². The van der Waals surface area contributed by atoms with Gasteiger partial charge in [-0.2, -0.15) is 13.2 Å². The lowest BCUT2D eigenvalue weighted by atomic mass is 10.0. The zero-order valence-electron chi connectivity index (χ0n) is 11.3. The maximum Gasteiger partial charge on any atom is 0.418 e. The number of halogens is 4. The molecule has 1 aliphatic carbocycles. The maximum absolute atomic E-state index is 12.9. The van der Waals surface area contributed by atoms with Gasteiger partial charge in [0.25, 0.3) is 0 Å². The van der Waals surface area contributed by atoms with Crippen LogP contribution in [0.2, 0.25) is 0 Å². The molecule has 21 heavy (non-hydrogen) atoms. The van der Waals surface area contributed by atoms with Crippen LogP contribution in [0.15, 0.2) is 16.6 Å². The van der Waals surface area contributed by atoms with E-state index in [0.29, 0.717) is 0 Å². The second-order valence-electron chi connectivity index (χ2n) is 5.20. The Labute approximate surface area is 129 Å². The third-order valence-electron chi connectivity index (χ3n) is 3.66. The zero-order valence-corrected chi connectivity index (χ0v) is 12.9. The molecule has 1 aliphatic rings. The van der Waals surface area contributed by atoms with Crippen molar-refractivity contribution in [2.75, 3.05) is 12.3 Å². The smallest absolute Gasteiger partial charge is 0.397 e. The number of carbonyl (C=O) groups excluding carboxylic acids is 1. The van der Waals surface area contributed by atoms with Crippen molar-refractivity contribution in [3.05, 3.63) is 27.7 Å². The fourth-order valence-corrected chi connectivity index (χ4v) is 2.94. The molecule has 3 N–H and O–H groups in total. The van der Waals surface area contributed by atoms with E-state index in [-0.39, 0.29) is 28.4 Å². The summed E-state index contributed by atoms with van der Waals surface area (Å²) in [6.45, 7) is 0.0400. The number of nitrogen functional groups attached to an aromatic ring is 1. The van der Waals surface area contributed by atoms with Crippen molar-refractivity contribution < 1.29 is 18.0 Å². The molecule has 0 atom stereocenters. The number of ketones is 1. The Hall–Kier alpha value is -1.08. The summed E-state index contributed by atoms with van der Waals surface area (Å²) in [5.74, 6) is -0.368. The summed E-state index contributed by atoms with van der Waals surface area (Å²) in [5, 5.41) is 3.09. The van der Waals surface area contributed by atoms with Crippen molar-refractivity contribution in [1.82, 2.24) is 5.32 Å². The SMILES string of the molecule is Nc1c(Br)cc(C(=O)CNC2CCCC2)cc1C(F)(F)F. The highest BCUT2D eigenvalue weighted by atomic mass is 79.9. The lowest BCUT2D eigenvalue weighted by Gasteiger charge is -2.14. The average Bonchev–Trinajstić information content (AvgIpc) is 2.90. The first kappa shape index (κ1) is 16.3. The fourth-order valence-electron chi connectivity index (χ4n) is 2.48. The van der Waals surface area contributed by atoms with Gasteiger partial charge in [-0.25, -0.2) is 0 Å². The topological polar surface area (TPSA) is 55.1 Å². The van der Waals surface area contributed by atoms with Gasteiger partial charge in [-0.05, 0) is 40.9 Å². The highest BCUT2D eigenvalue weighted by molar-refractivity contribution is 9.10. The summed E-state index contributed by atoms with van der Waals surface area (Å²) in [6, 6.07) is 2.44. The molecule has 2 rings (SSSR count). The van der Waals surface area contributed by atoms with Gasteiger partial charge in [0, 0.05) is 16.1 Å². The molecule has 116 valence electrons. The van der Waals surface area contributed by atoms with Gasteiger partial charge in [0.1, 0.15) is 0 Å². The molecule has 0 saturated heterocycles. The molecule has 7 heteroatoms. The van der Waals surface area contributed by atoms with Crippen LogP contribution in [0, 0.1) is 0 Å². The average molecular weight is 365 g/mol. The Kier molecular flexibility index (Phi) is 4.93. The standard InChI is InChI=1S/C14H16BrF3N2O/c15-11-6-8(5-10(13(11)19)14(16,17)18)12(21)7-20-9-3-1-2-4-9/h5-6,9,20H,1-4,7,19H2. The summed E-state index contributed by atoms with van der Waals surface area (Å²) in [6.07, 6.45) is -0.324. The van der Waals surface area contributed by atoms with Crippen LogP contribution in [0.5, 0.6) is 0 Å². The number of nitrogens with one attached hydrogen (secondary N) is 1. The Morgan fingerprint density at radius 2 is 1.95 bits per heavy atom. The molecule has 0 aliphatic heterocycles. The predicted octanol–water partition coefficient (Wildman–Crippen LogP) is 3.77. The van der Waals surface area contributed by atoms with Crippen molar-refractivity contribution in [2.45, 2.75) is 37.9 Å². The largest absolute Gasteiger partial charge is 0.418 e. The van der Waals surface area contributed by atoms with Crippen LogP contribution >= 0.6 is 15.9 Å². The molecular weight excluding hydrogens is 349 g/mol. The minimum absolute atomic E-state index is 0.00824. The Morgan fingerprint density at radius 3 is 2.52 bits per heavy atom. The van der Waals surface area contributed by atoms with Gasteiger partial charge in [0.2, 0.25) is 0 Å². The van der Waals surface area contributed by atoms with Crippen LogP contribution in [0.3, 0.4) is 0 Å². The summed E-state index contributed by atoms with van der Waals surface area (Å²) in [4.78, 5) is 12.1. The first-order valence-corrected chi connectivity index (χ1v) is 7.51. The van der Waals surface area contributed by atoms with Gasteiger partial charge < -0.3 is 11.1 Å². The third kappa shape index (κ3) is 3.97. The molecule has 1 aromatic carbocycles. The molecule has 0 radical (unpaired) electrons. The van der Waals surface area contributed by atoms with Gasteiger partial charge in [-0.3, -0.25) is 4.79 Å². The molecule has 1 fully saturated rings. The first-order chi connectivity index (χ1) is 9.79. The van der Waals surface area contributed by atoms with Crippen LogP contribution in [0.1, 0.15) is 41.6 Å². The molecule has 0 spiro atoms. The second-order valence-corrected chi connectivity index (χ2v) is 6.06. The van der Waals surface area contributed by atoms with Crippen molar-refractivity contribution in [1.29, 1.82) is 0 Å². The van der Waals surface area contributed by atoms with Crippen LogP contribution in [0.25, 0.3) is 0 Å². The minimum atomic E-state index is -4.58. The zero-order chi connectivity index (χ0) is 15.6. The van der Waals surface area contributed by atoms with E-state index in [0.717, 1.165) is 31.7 Å². The minimum Gasteiger partial charge on any atom is -0.397 e. The van der Waals surface area contributed by atoms with Crippen LogP contribution < -0.4 is 11.1 Å². The number of alkyl halides is 3. The molecule has 0 bridgehead atoms. The monoisotopic (exact) mass is 364 g/mol.